The van der Waals surface area contributed by atoms with Gasteiger partial charge in [0.25, 0.3) is 11.2 Å². The number of anilines is 1. The van der Waals surface area contributed by atoms with E-state index in [1.54, 1.807) is 30.2 Å². The Hall–Kier alpha value is -5.02. The lowest BCUT2D eigenvalue weighted by Gasteiger charge is -2.36. The molecule has 1 aliphatic rings. The number of benzene rings is 1. The highest BCUT2D eigenvalue weighted by Crippen LogP contribution is 2.25. The number of fused-ring (bicyclic) bond motifs is 1. The molecule has 0 atom stereocenters. The van der Waals surface area contributed by atoms with Crippen molar-refractivity contribution in [3.63, 3.8) is 0 Å². The maximum absolute atomic E-state index is 13.3. The van der Waals surface area contributed by atoms with Crippen LogP contribution in [0.3, 0.4) is 0 Å². The number of hydrogen-bond acceptors (Lipinski definition) is 11. The molecule has 1 amide bonds. The van der Waals surface area contributed by atoms with E-state index in [9.17, 15) is 24.5 Å². The Morgan fingerprint density at radius 2 is 1.71 bits per heavy atom. The molecule has 0 N–H and O–H groups in total. The normalized spacial score (nSPS) is 14.1. The van der Waals surface area contributed by atoms with E-state index in [4.69, 9.17) is 9.15 Å². The summed E-state index contributed by atoms with van der Waals surface area (Å²) < 4.78 is 15.3. The van der Waals surface area contributed by atoms with Crippen molar-refractivity contribution in [2.24, 2.45) is 14.1 Å². The molecular weight excluding hydrogens is 538 g/mol. The van der Waals surface area contributed by atoms with Crippen molar-refractivity contribution in [2.75, 3.05) is 31.1 Å². The van der Waals surface area contributed by atoms with Gasteiger partial charge in [0.1, 0.15) is 12.1 Å². The molecule has 4 aromatic rings. The van der Waals surface area contributed by atoms with E-state index in [0.717, 1.165) is 4.57 Å². The minimum absolute atomic E-state index is 0.0362. The molecular formula is C25H29N9O7. The molecule has 1 aliphatic heterocycles. The minimum atomic E-state index is -0.621. The number of rotatable bonds is 5. The van der Waals surface area contributed by atoms with Gasteiger partial charge in [0, 0.05) is 58.0 Å². The van der Waals surface area contributed by atoms with Gasteiger partial charge in [-0.3, -0.25) is 28.6 Å². The number of imidazole rings is 1. The van der Waals surface area contributed by atoms with E-state index in [-0.39, 0.29) is 35.2 Å². The van der Waals surface area contributed by atoms with E-state index in [2.05, 4.69) is 15.2 Å². The number of nitrogens with zero attached hydrogens (tertiary/aromatic N) is 9. The molecule has 0 unspecified atom stereocenters. The number of non-ortho nitro benzene ring substituents is 1. The molecule has 0 saturated carbocycles. The van der Waals surface area contributed by atoms with Crippen LogP contribution >= 0.6 is 0 Å². The van der Waals surface area contributed by atoms with Crippen molar-refractivity contribution in [3.8, 4) is 11.5 Å². The average Bonchev–Trinajstić information content (AvgIpc) is 3.55. The van der Waals surface area contributed by atoms with E-state index in [1.165, 1.54) is 42.9 Å². The lowest BCUT2D eigenvalue weighted by molar-refractivity contribution is -0.384. The molecule has 41 heavy (non-hydrogen) atoms. The summed E-state index contributed by atoms with van der Waals surface area (Å²) in [5, 5.41) is 19.1. The topological polar surface area (TPSA) is 177 Å². The van der Waals surface area contributed by atoms with Gasteiger partial charge in [-0.1, -0.05) is 0 Å². The Bertz CT molecular complexity index is 1750. The van der Waals surface area contributed by atoms with Gasteiger partial charge in [-0.2, -0.15) is 4.98 Å². The SMILES string of the molecule is Cn1c(=O)c2c(nc(N3CCN(C(=O)OC(C)(C)C)CC3)n2Cc2nnc(-c3ccc([N+](=O)[O-])cc3)o2)n(C)c1=O. The molecule has 16 nitrogen and oxygen atoms in total. The number of aryl methyl sites for hydroxylation is 1. The Morgan fingerprint density at radius 1 is 1.05 bits per heavy atom. The second kappa shape index (κ2) is 10.2. The van der Waals surface area contributed by atoms with Crippen molar-refractivity contribution >= 4 is 28.9 Å². The van der Waals surface area contributed by atoms with Gasteiger partial charge in [0.15, 0.2) is 11.2 Å². The van der Waals surface area contributed by atoms with Gasteiger partial charge < -0.3 is 19.0 Å². The molecule has 1 aromatic carbocycles. The van der Waals surface area contributed by atoms with Crippen molar-refractivity contribution in [1.29, 1.82) is 0 Å². The zero-order valence-corrected chi connectivity index (χ0v) is 23.2. The third-order valence-electron chi connectivity index (χ3n) is 6.63. The van der Waals surface area contributed by atoms with E-state index in [0.29, 0.717) is 37.7 Å². The first-order valence-corrected chi connectivity index (χ1v) is 12.8. The van der Waals surface area contributed by atoms with Crippen LogP contribution in [0.25, 0.3) is 22.6 Å². The second-order valence-corrected chi connectivity index (χ2v) is 10.6. The van der Waals surface area contributed by atoms with Crippen molar-refractivity contribution in [1.82, 2.24) is 33.8 Å². The summed E-state index contributed by atoms with van der Waals surface area (Å²) in [7, 11) is 2.92. The highest BCUT2D eigenvalue weighted by Gasteiger charge is 2.30. The van der Waals surface area contributed by atoms with Crippen LogP contribution in [0.4, 0.5) is 16.4 Å². The van der Waals surface area contributed by atoms with E-state index < -0.39 is 27.9 Å². The number of carbonyl (C=O) groups excluding carboxylic acids is 1. The van der Waals surface area contributed by atoms with Crippen LogP contribution in [0.1, 0.15) is 26.7 Å². The average molecular weight is 568 g/mol. The van der Waals surface area contributed by atoms with Crippen LogP contribution in [-0.2, 0) is 25.4 Å². The fraction of sp³-hybridized carbons (Fsp3) is 0.440. The fourth-order valence-electron chi connectivity index (χ4n) is 4.54. The van der Waals surface area contributed by atoms with Crippen LogP contribution in [0.15, 0.2) is 38.3 Å². The second-order valence-electron chi connectivity index (χ2n) is 10.6. The van der Waals surface area contributed by atoms with Crippen LogP contribution in [0.5, 0.6) is 0 Å². The Kier molecular flexibility index (Phi) is 6.84. The van der Waals surface area contributed by atoms with Gasteiger partial charge in [0.2, 0.25) is 17.7 Å². The van der Waals surface area contributed by atoms with Crippen molar-refractivity contribution < 1.29 is 18.9 Å². The third-order valence-corrected chi connectivity index (χ3v) is 6.63. The van der Waals surface area contributed by atoms with Gasteiger partial charge in [0.05, 0.1) is 4.92 Å². The molecule has 4 heterocycles. The number of piperazine rings is 1. The smallest absolute Gasteiger partial charge is 0.410 e. The number of amides is 1. The molecule has 216 valence electrons. The summed E-state index contributed by atoms with van der Waals surface area (Å²) in [6, 6.07) is 5.68. The van der Waals surface area contributed by atoms with Gasteiger partial charge in [-0.15, -0.1) is 10.2 Å². The summed E-state index contributed by atoms with van der Waals surface area (Å²) >= 11 is 0. The summed E-state index contributed by atoms with van der Waals surface area (Å²) in [5.41, 5.74) is -0.897. The van der Waals surface area contributed by atoms with Gasteiger partial charge in [-0.25, -0.2) is 9.59 Å². The summed E-state index contributed by atoms with van der Waals surface area (Å²) in [5.74, 6) is 0.701. The largest absolute Gasteiger partial charge is 0.444 e. The fourth-order valence-corrected chi connectivity index (χ4v) is 4.54. The Labute approximate surface area is 232 Å². The van der Waals surface area contributed by atoms with Crippen molar-refractivity contribution in [3.05, 3.63) is 61.1 Å². The molecule has 0 spiro atoms. The van der Waals surface area contributed by atoms with Crippen LogP contribution < -0.4 is 16.1 Å². The number of hydrogen-bond donors (Lipinski definition) is 0. The van der Waals surface area contributed by atoms with E-state index >= 15 is 0 Å². The van der Waals surface area contributed by atoms with Crippen molar-refractivity contribution in [2.45, 2.75) is 32.9 Å². The number of ether oxygens (including phenoxy) is 1. The lowest BCUT2D eigenvalue weighted by atomic mass is 10.2. The molecule has 1 saturated heterocycles. The number of nitro benzene ring substituents is 1. The molecule has 5 rings (SSSR count). The monoisotopic (exact) mass is 567 g/mol. The highest BCUT2D eigenvalue weighted by molar-refractivity contribution is 5.75. The lowest BCUT2D eigenvalue weighted by Crippen LogP contribution is -2.50. The molecule has 0 aliphatic carbocycles. The van der Waals surface area contributed by atoms with E-state index in [1.807, 2.05) is 4.90 Å². The molecule has 3 aromatic heterocycles. The predicted octanol–water partition coefficient (Wildman–Crippen LogP) is 1.50. The maximum atomic E-state index is 13.3. The Morgan fingerprint density at radius 3 is 2.32 bits per heavy atom. The zero-order valence-electron chi connectivity index (χ0n) is 23.2. The third kappa shape index (κ3) is 5.27. The first-order valence-electron chi connectivity index (χ1n) is 12.8. The van der Waals surface area contributed by atoms with Gasteiger partial charge in [-0.05, 0) is 32.9 Å². The number of nitro groups is 1. The summed E-state index contributed by atoms with van der Waals surface area (Å²) in [4.78, 5) is 57.1. The highest BCUT2D eigenvalue weighted by atomic mass is 16.6. The molecule has 0 radical (unpaired) electrons. The summed E-state index contributed by atoms with van der Waals surface area (Å²) in [6.07, 6.45) is -0.411. The minimum Gasteiger partial charge on any atom is -0.444 e. The number of aromatic nitrogens is 6. The maximum Gasteiger partial charge on any atom is 0.410 e. The first-order chi connectivity index (χ1) is 19.3. The zero-order chi connectivity index (χ0) is 29.6. The number of carbonyl (C=O) groups is 1. The molecule has 0 bridgehead atoms. The predicted molar refractivity (Wildman–Crippen MR) is 146 cm³/mol. The summed E-state index contributed by atoms with van der Waals surface area (Å²) in [6.45, 7) is 6.89. The van der Waals surface area contributed by atoms with Crippen LogP contribution in [0.2, 0.25) is 0 Å². The van der Waals surface area contributed by atoms with Crippen LogP contribution in [0, 0.1) is 10.1 Å². The first kappa shape index (κ1) is 27.5. The van der Waals surface area contributed by atoms with Gasteiger partial charge >= 0.3 is 11.8 Å². The van der Waals surface area contributed by atoms with Crippen LogP contribution in [-0.4, -0.2) is 76.6 Å². The molecule has 1 fully saturated rings. The molecule has 16 heteroatoms. The standard InChI is InChI=1S/C25H29N9O7/c1-25(2,3)41-24(37)32-12-10-31(11-13-32)22-26-19-18(21(35)30(5)23(36)29(19)4)33(22)14-17-27-28-20(40-17)15-6-8-16(9-7-15)34(38)39/h6-9H,10-14H2,1-5H3. The quantitative estimate of drug-likeness (QED) is 0.252. The Balaban J connectivity index is 1.49.